The van der Waals surface area contributed by atoms with Gasteiger partial charge in [0, 0.05) is 18.7 Å². The highest BCUT2D eigenvalue weighted by molar-refractivity contribution is 5.75. The molecule has 0 saturated carbocycles. The fourth-order valence-electron chi connectivity index (χ4n) is 1.62. The lowest BCUT2D eigenvalue weighted by atomic mass is 10.1. The van der Waals surface area contributed by atoms with Crippen LogP contribution in [0.5, 0.6) is 0 Å². The van der Waals surface area contributed by atoms with Crippen LogP contribution < -0.4 is 5.32 Å². The number of aromatic nitrogens is 4. The third-order valence-corrected chi connectivity index (χ3v) is 2.70. The van der Waals surface area contributed by atoms with E-state index in [1.54, 1.807) is 0 Å². The summed E-state index contributed by atoms with van der Waals surface area (Å²) in [4.78, 5) is 12.8. The van der Waals surface area contributed by atoms with E-state index in [9.17, 15) is 4.79 Å². The molecular formula is C13H17N5O2. The highest BCUT2D eigenvalue weighted by Gasteiger charge is 2.08. The molecule has 7 heteroatoms. The molecule has 0 spiro atoms. The molecule has 1 heterocycles. The van der Waals surface area contributed by atoms with Crippen molar-refractivity contribution in [1.82, 2.24) is 25.5 Å². The van der Waals surface area contributed by atoms with Gasteiger partial charge in [0.25, 0.3) is 0 Å². The van der Waals surface area contributed by atoms with Crippen molar-refractivity contribution in [3.63, 3.8) is 0 Å². The fraction of sp³-hybridized carbons (Fsp3) is 0.385. The van der Waals surface area contributed by atoms with E-state index in [-0.39, 0.29) is 19.1 Å². The second-order valence-corrected chi connectivity index (χ2v) is 4.44. The maximum absolute atomic E-state index is 11.6. The summed E-state index contributed by atoms with van der Waals surface area (Å²) in [6, 6.07) is 7.77. The van der Waals surface area contributed by atoms with E-state index < -0.39 is 0 Å². The highest BCUT2D eigenvalue weighted by Crippen LogP contribution is 2.13. The lowest BCUT2D eigenvalue weighted by molar-refractivity contribution is -0.122. The zero-order chi connectivity index (χ0) is 14.4. The van der Waals surface area contributed by atoms with Crippen LogP contribution in [0.15, 0.2) is 24.3 Å². The maximum atomic E-state index is 11.6. The fourth-order valence-corrected chi connectivity index (χ4v) is 1.62. The Hall–Kier alpha value is -2.28. The Labute approximate surface area is 116 Å². The van der Waals surface area contributed by atoms with Crippen molar-refractivity contribution >= 4 is 5.91 Å². The topological polar surface area (TPSA) is 92.9 Å². The van der Waals surface area contributed by atoms with Crippen molar-refractivity contribution in [2.45, 2.75) is 19.9 Å². The molecule has 0 atom stereocenters. The summed E-state index contributed by atoms with van der Waals surface area (Å²) in [5.41, 5.74) is 2.02. The second kappa shape index (κ2) is 6.76. The molecule has 0 fully saturated rings. The number of rotatable bonds is 6. The molecule has 2 N–H and O–H groups in total. The number of nitrogens with one attached hydrogen (secondary N) is 1. The van der Waals surface area contributed by atoms with Gasteiger partial charge >= 0.3 is 0 Å². The Morgan fingerprint density at radius 2 is 2.10 bits per heavy atom. The van der Waals surface area contributed by atoms with E-state index in [1.807, 2.05) is 31.2 Å². The normalized spacial score (nSPS) is 10.5. The smallest absolute Gasteiger partial charge is 0.243 e. The monoisotopic (exact) mass is 275 g/mol. The number of hydrogen-bond donors (Lipinski definition) is 2. The van der Waals surface area contributed by atoms with Crippen molar-refractivity contribution in [2.75, 3.05) is 13.2 Å². The molecular weight excluding hydrogens is 258 g/mol. The number of aryl methyl sites for hydroxylation is 1. The first-order chi connectivity index (χ1) is 9.69. The first-order valence-electron chi connectivity index (χ1n) is 6.41. The van der Waals surface area contributed by atoms with Gasteiger partial charge in [-0.25, -0.2) is 0 Å². The van der Waals surface area contributed by atoms with Crippen LogP contribution in [-0.4, -0.2) is 44.4 Å². The van der Waals surface area contributed by atoms with Gasteiger partial charge in [0.05, 0.1) is 0 Å². The highest BCUT2D eigenvalue weighted by atomic mass is 16.3. The Morgan fingerprint density at radius 3 is 2.80 bits per heavy atom. The van der Waals surface area contributed by atoms with Gasteiger partial charge in [0.1, 0.15) is 6.54 Å². The van der Waals surface area contributed by atoms with Gasteiger partial charge in [-0.1, -0.05) is 29.8 Å². The van der Waals surface area contributed by atoms with Gasteiger partial charge < -0.3 is 10.4 Å². The van der Waals surface area contributed by atoms with E-state index in [4.69, 9.17) is 5.11 Å². The van der Waals surface area contributed by atoms with Crippen LogP contribution in [0, 0.1) is 6.92 Å². The summed E-state index contributed by atoms with van der Waals surface area (Å²) in [5.74, 6) is 0.291. The van der Waals surface area contributed by atoms with E-state index >= 15 is 0 Å². The molecule has 106 valence electrons. The molecule has 2 rings (SSSR count). The Balaban J connectivity index is 1.95. The number of amides is 1. The minimum atomic E-state index is -0.202. The number of carbonyl (C=O) groups excluding carboxylic acids is 1. The Bertz CT molecular complexity index is 564. The number of tetrazole rings is 1. The van der Waals surface area contributed by atoms with Gasteiger partial charge in [0.15, 0.2) is 0 Å². The molecule has 1 aromatic carbocycles. The number of carbonyl (C=O) groups is 1. The maximum Gasteiger partial charge on any atom is 0.243 e. The molecule has 0 unspecified atom stereocenters. The SMILES string of the molecule is Cc1ccc(-c2nnn(CC(=O)NCCCO)n2)cc1. The second-order valence-electron chi connectivity index (χ2n) is 4.44. The van der Waals surface area contributed by atoms with Gasteiger partial charge in [0.2, 0.25) is 11.7 Å². The van der Waals surface area contributed by atoms with Gasteiger partial charge in [-0.2, -0.15) is 4.80 Å². The van der Waals surface area contributed by atoms with Crippen LogP contribution in [0.4, 0.5) is 0 Å². The number of nitrogens with zero attached hydrogens (tertiary/aromatic N) is 4. The molecule has 20 heavy (non-hydrogen) atoms. The van der Waals surface area contributed by atoms with Crippen molar-refractivity contribution in [1.29, 1.82) is 0 Å². The number of hydrogen-bond acceptors (Lipinski definition) is 5. The molecule has 0 aliphatic carbocycles. The number of aliphatic hydroxyl groups excluding tert-OH is 1. The van der Waals surface area contributed by atoms with Gasteiger partial charge in [-0.15, -0.1) is 10.2 Å². The summed E-state index contributed by atoms with van der Waals surface area (Å²) < 4.78 is 0. The first kappa shape index (κ1) is 14.1. The minimum absolute atomic E-state index is 0.0181. The number of benzene rings is 1. The van der Waals surface area contributed by atoms with Crippen LogP contribution in [0.2, 0.25) is 0 Å². The summed E-state index contributed by atoms with van der Waals surface area (Å²) >= 11 is 0. The van der Waals surface area contributed by atoms with Crippen LogP contribution in [-0.2, 0) is 11.3 Å². The van der Waals surface area contributed by atoms with Gasteiger partial charge in [-0.3, -0.25) is 4.79 Å². The molecule has 1 aromatic heterocycles. The summed E-state index contributed by atoms with van der Waals surface area (Å²) in [7, 11) is 0. The molecule has 0 radical (unpaired) electrons. The van der Waals surface area contributed by atoms with Crippen LogP contribution in [0.25, 0.3) is 11.4 Å². The zero-order valence-electron chi connectivity index (χ0n) is 11.3. The molecule has 0 aliphatic heterocycles. The van der Waals surface area contributed by atoms with E-state index in [1.165, 1.54) is 4.80 Å². The van der Waals surface area contributed by atoms with E-state index in [2.05, 4.69) is 20.7 Å². The third-order valence-electron chi connectivity index (χ3n) is 2.70. The van der Waals surface area contributed by atoms with Crippen LogP contribution in [0.1, 0.15) is 12.0 Å². The summed E-state index contributed by atoms with van der Waals surface area (Å²) in [5, 5.41) is 23.2. The van der Waals surface area contributed by atoms with Crippen molar-refractivity contribution in [3.05, 3.63) is 29.8 Å². The zero-order valence-corrected chi connectivity index (χ0v) is 11.3. The first-order valence-corrected chi connectivity index (χ1v) is 6.41. The van der Waals surface area contributed by atoms with Crippen LogP contribution in [0.3, 0.4) is 0 Å². The molecule has 0 aliphatic rings. The van der Waals surface area contributed by atoms with Crippen LogP contribution >= 0.6 is 0 Å². The largest absolute Gasteiger partial charge is 0.396 e. The third kappa shape index (κ3) is 3.86. The average Bonchev–Trinajstić information content (AvgIpc) is 2.88. The standard InChI is InChI=1S/C13H17N5O2/c1-10-3-5-11(6-4-10)13-15-17-18(16-13)9-12(20)14-7-2-8-19/h3-6,19H,2,7-9H2,1H3,(H,14,20). The molecule has 0 bridgehead atoms. The lowest BCUT2D eigenvalue weighted by Gasteiger charge is -2.02. The predicted octanol–water partition coefficient (Wildman–Crippen LogP) is 0.147. The van der Waals surface area contributed by atoms with E-state index in [0.717, 1.165) is 11.1 Å². The minimum Gasteiger partial charge on any atom is -0.396 e. The average molecular weight is 275 g/mol. The molecule has 7 nitrogen and oxygen atoms in total. The number of aliphatic hydroxyl groups is 1. The molecule has 1 amide bonds. The summed E-state index contributed by atoms with van der Waals surface area (Å²) in [6.45, 7) is 2.52. The summed E-state index contributed by atoms with van der Waals surface area (Å²) in [6.07, 6.45) is 0.533. The van der Waals surface area contributed by atoms with Crippen molar-refractivity contribution in [2.24, 2.45) is 0 Å². The van der Waals surface area contributed by atoms with E-state index in [0.29, 0.717) is 18.8 Å². The Kier molecular flexibility index (Phi) is 4.78. The van der Waals surface area contributed by atoms with Crippen molar-refractivity contribution in [3.8, 4) is 11.4 Å². The molecule has 0 saturated heterocycles. The Morgan fingerprint density at radius 1 is 1.35 bits per heavy atom. The van der Waals surface area contributed by atoms with Gasteiger partial charge in [-0.05, 0) is 18.6 Å². The molecule has 2 aromatic rings. The lowest BCUT2D eigenvalue weighted by Crippen LogP contribution is -2.29. The quantitative estimate of drug-likeness (QED) is 0.732. The van der Waals surface area contributed by atoms with Crippen molar-refractivity contribution < 1.29 is 9.90 Å². The predicted molar refractivity (Wildman–Crippen MR) is 72.7 cm³/mol.